The van der Waals surface area contributed by atoms with Gasteiger partial charge in [-0.1, -0.05) is 29.1 Å². The molecule has 4 aromatic rings. The molecule has 0 saturated carbocycles. The molecule has 2 aromatic heterocycles. The first-order valence-corrected chi connectivity index (χ1v) is 12.4. The Bertz CT molecular complexity index is 1310. The second-order valence-electron chi connectivity index (χ2n) is 7.83. The number of rotatable bonds is 8. The van der Waals surface area contributed by atoms with Crippen LogP contribution in [0.25, 0.3) is 10.2 Å². The fourth-order valence-electron chi connectivity index (χ4n) is 3.43. The van der Waals surface area contributed by atoms with Crippen molar-refractivity contribution in [1.29, 1.82) is 0 Å². The quantitative estimate of drug-likeness (QED) is 0.331. The first-order chi connectivity index (χ1) is 16.3. The lowest BCUT2D eigenvalue weighted by Gasteiger charge is -2.18. The van der Waals surface area contributed by atoms with Crippen LogP contribution in [0.5, 0.6) is 0 Å². The first kappa shape index (κ1) is 23.9. The Hall–Kier alpha value is -3.24. The maximum Gasteiger partial charge on any atom is 0.247 e. The maximum absolute atomic E-state index is 13.2. The molecule has 2 N–H and O–H groups in total. The zero-order valence-corrected chi connectivity index (χ0v) is 20.5. The van der Waals surface area contributed by atoms with Gasteiger partial charge in [0.25, 0.3) is 0 Å². The van der Waals surface area contributed by atoms with Crippen LogP contribution in [0.3, 0.4) is 0 Å². The van der Waals surface area contributed by atoms with E-state index in [0.29, 0.717) is 11.4 Å². The van der Waals surface area contributed by atoms with E-state index in [0.717, 1.165) is 37.1 Å². The smallest absolute Gasteiger partial charge is 0.247 e. The molecule has 1 unspecified atom stereocenters. The third kappa shape index (κ3) is 5.81. The minimum Gasteiger partial charge on any atom is -0.361 e. The van der Waals surface area contributed by atoms with Gasteiger partial charge >= 0.3 is 0 Å². The van der Waals surface area contributed by atoms with Gasteiger partial charge in [0.2, 0.25) is 11.8 Å². The van der Waals surface area contributed by atoms with Crippen molar-refractivity contribution >= 4 is 50.8 Å². The Balaban J connectivity index is 1.45. The average molecular weight is 499 g/mol. The summed E-state index contributed by atoms with van der Waals surface area (Å²) in [5.74, 6) is 0.500. The topological polar surface area (TPSA) is 97.1 Å². The third-order valence-corrected chi connectivity index (χ3v) is 7.39. The summed E-state index contributed by atoms with van der Waals surface area (Å²) >= 11 is 3.15. The number of thiazole rings is 1. The molecule has 176 valence electrons. The summed E-state index contributed by atoms with van der Waals surface area (Å²) < 4.78 is 20.3. The van der Waals surface area contributed by atoms with Crippen molar-refractivity contribution in [1.82, 2.24) is 15.5 Å². The second-order valence-corrected chi connectivity index (χ2v) is 10.1. The van der Waals surface area contributed by atoms with Crippen LogP contribution >= 0.6 is 23.1 Å². The van der Waals surface area contributed by atoms with Crippen LogP contribution in [0.15, 0.2) is 51.3 Å². The van der Waals surface area contributed by atoms with Crippen LogP contribution in [0.2, 0.25) is 0 Å². The molecule has 2 heterocycles. The van der Waals surface area contributed by atoms with Crippen LogP contribution in [0.1, 0.15) is 29.5 Å². The first-order valence-electron chi connectivity index (χ1n) is 10.6. The van der Waals surface area contributed by atoms with Crippen molar-refractivity contribution in [2.75, 3.05) is 5.32 Å². The predicted molar refractivity (Wildman–Crippen MR) is 131 cm³/mol. The van der Waals surface area contributed by atoms with Crippen molar-refractivity contribution in [3.63, 3.8) is 0 Å². The molecule has 0 saturated heterocycles. The summed E-state index contributed by atoms with van der Waals surface area (Å²) in [7, 11) is 0. The molecule has 34 heavy (non-hydrogen) atoms. The monoisotopic (exact) mass is 498 g/mol. The highest BCUT2D eigenvalue weighted by Gasteiger charge is 2.21. The number of halogens is 1. The number of nitrogens with zero attached hydrogens (tertiary/aromatic N) is 2. The molecule has 7 nitrogen and oxygen atoms in total. The average Bonchev–Trinajstić information content (AvgIpc) is 3.34. The number of aryl methyl sites for hydroxylation is 2. The van der Waals surface area contributed by atoms with Gasteiger partial charge in [-0.05, 0) is 49.7 Å². The van der Waals surface area contributed by atoms with E-state index < -0.39 is 6.04 Å². The van der Waals surface area contributed by atoms with E-state index in [1.54, 1.807) is 30.0 Å². The van der Waals surface area contributed by atoms with E-state index in [4.69, 9.17) is 4.52 Å². The van der Waals surface area contributed by atoms with Gasteiger partial charge in [0.15, 0.2) is 4.34 Å². The Morgan fingerprint density at radius 2 is 1.94 bits per heavy atom. The number of amides is 2. The SMILES string of the molecule is CC(=O)NC(Cc1ccc(F)cc1)C(=O)Nc1ccc2nc(SCc3c(C)noc3C)sc2c1. The van der Waals surface area contributed by atoms with Crippen molar-refractivity contribution < 1.29 is 18.5 Å². The summed E-state index contributed by atoms with van der Waals surface area (Å²) in [6.45, 7) is 5.17. The van der Waals surface area contributed by atoms with Crippen LogP contribution in [-0.4, -0.2) is 28.0 Å². The Kier molecular flexibility index (Phi) is 7.28. The number of anilines is 1. The molecule has 0 radical (unpaired) electrons. The van der Waals surface area contributed by atoms with Gasteiger partial charge in [0.05, 0.1) is 15.9 Å². The van der Waals surface area contributed by atoms with Crippen LogP contribution in [0.4, 0.5) is 10.1 Å². The molecule has 0 aliphatic heterocycles. The lowest BCUT2D eigenvalue weighted by atomic mass is 10.0. The lowest BCUT2D eigenvalue weighted by Crippen LogP contribution is -2.44. The van der Waals surface area contributed by atoms with Crippen LogP contribution in [0, 0.1) is 19.7 Å². The highest BCUT2D eigenvalue weighted by molar-refractivity contribution is 8.00. The van der Waals surface area contributed by atoms with Crippen molar-refractivity contribution in [2.45, 2.75) is 43.3 Å². The van der Waals surface area contributed by atoms with Crippen molar-refractivity contribution in [2.24, 2.45) is 0 Å². The summed E-state index contributed by atoms with van der Waals surface area (Å²) in [6, 6.07) is 10.6. The molecule has 0 fully saturated rings. The van der Waals surface area contributed by atoms with Gasteiger partial charge in [0.1, 0.15) is 17.6 Å². The molecule has 4 rings (SSSR count). The largest absolute Gasteiger partial charge is 0.361 e. The second kappa shape index (κ2) is 10.4. The normalized spacial score (nSPS) is 12.0. The number of hydrogen-bond acceptors (Lipinski definition) is 7. The zero-order chi connectivity index (χ0) is 24.2. The number of aromatic nitrogens is 2. The van der Waals surface area contributed by atoms with E-state index in [-0.39, 0.29) is 24.1 Å². The van der Waals surface area contributed by atoms with E-state index in [1.807, 2.05) is 26.0 Å². The number of fused-ring (bicyclic) bond motifs is 1. The van der Waals surface area contributed by atoms with Crippen LogP contribution < -0.4 is 10.6 Å². The molecule has 10 heteroatoms. The Labute approximate surface area is 204 Å². The summed E-state index contributed by atoms with van der Waals surface area (Å²) in [4.78, 5) is 29.2. The van der Waals surface area contributed by atoms with Gasteiger partial charge in [-0.25, -0.2) is 9.37 Å². The zero-order valence-electron chi connectivity index (χ0n) is 18.8. The number of thioether (sulfide) groups is 1. The summed E-state index contributed by atoms with van der Waals surface area (Å²) in [6.07, 6.45) is 0.247. The Morgan fingerprint density at radius 3 is 2.62 bits per heavy atom. The molecule has 1 atom stereocenters. The highest BCUT2D eigenvalue weighted by Crippen LogP contribution is 2.34. The number of carbonyl (C=O) groups excluding carboxylic acids is 2. The summed E-state index contributed by atoms with van der Waals surface area (Å²) in [5.41, 5.74) is 4.15. The fraction of sp³-hybridized carbons (Fsp3) is 0.250. The molecular formula is C24H23FN4O3S2. The number of benzene rings is 2. The third-order valence-electron chi connectivity index (χ3n) is 5.20. The number of carbonyl (C=O) groups is 2. The van der Waals surface area contributed by atoms with Gasteiger partial charge in [-0.3, -0.25) is 9.59 Å². The van der Waals surface area contributed by atoms with E-state index in [2.05, 4.69) is 20.8 Å². The summed E-state index contributed by atoms with van der Waals surface area (Å²) in [5, 5.41) is 9.53. The molecule has 2 amide bonds. The van der Waals surface area contributed by atoms with Gasteiger partial charge in [0, 0.05) is 30.3 Å². The van der Waals surface area contributed by atoms with Crippen LogP contribution in [-0.2, 0) is 21.8 Å². The molecular weight excluding hydrogens is 475 g/mol. The van der Waals surface area contributed by atoms with E-state index in [1.165, 1.54) is 30.4 Å². The predicted octanol–water partition coefficient (Wildman–Crippen LogP) is 5.02. The molecule has 0 bridgehead atoms. The number of hydrogen-bond donors (Lipinski definition) is 2. The maximum atomic E-state index is 13.2. The lowest BCUT2D eigenvalue weighted by molar-refractivity contribution is -0.125. The minimum absolute atomic E-state index is 0.247. The Morgan fingerprint density at radius 1 is 1.18 bits per heavy atom. The van der Waals surface area contributed by atoms with E-state index in [9.17, 15) is 14.0 Å². The molecule has 0 spiro atoms. The van der Waals surface area contributed by atoms with Gasteiger partial charge < -0.3 is 15.2 Å². The van der Waals surface area contributed by atoms with Gasteiger partial charge in [-0.2, -0.15) is 0 Å². The highest BCUT2D eigenvalue weighted by atomic mass is 32.2. The standard InChI is InChI=1S/C24H23FN4O3S2/c1-13-19(14(2)32-29-13)12-33-24-28-20-9-8-18(11-22(20)34-24)27-23(31)21(26-15(3)30)10-16-4-6-17(25)7-5-16/h4-9,11,21H,10,12H2,1-3H3,(H,26,30)(H,27,31). The molecule has 0 aliphatic carbocycles. The van der Waals surface area contributed by atoms with Crippen molar-refractivity contribution in [3.05, 3.63) is 70.9 Å². The number of nitrogens with one attached hydrogen (secondary N) is 2. The molecule has 0 aliphatic rings. The fourth-order valence-corrected chi connectivity index (χ4v) is 5.69. The molecule has 2 aromatic carbocycles. The van der Waals surface area contributed by atoms with Crippen molar-refractivity contribution in [3.8, 4) is 0 Å². The van der Waals surface area contributed by atoms with Gasteiger partial charge in [-0.15, -0.1) is 11.3 Å². The van der Waals surface area contributed by atoms with E-state index >= 15 is 0 Å². The minimum atomic E-state index is -0.790.